The van der Waals surface area contributed by atoms with Crippen LogP contribution in [0.2, 0.25) is 0 Å². The van der Waals surface area contributed by atoms with Gasteiger partial charge in [0.05, 0.1) is 0 Å². The van der Waals surface area contributed by atoms with Crippen molar-refractivity contribution in [1.29, 1.82) is 0 Å². The Kier molecular flexibility index (Phi) is 12.4. The monoisotopic (exact) mass is 485 g/mol. The van der Waals surface area contributed by atoms with Crippen molar-refractivity contribution in [1.82, 2.24) is 16.0 Å². The van der Waals surface area contributed by atoms with Crippen molar-refractivity contribution >= 4 is 29.8 Å². The molecule has 2 unspecified atom stereocenters. The van der Waals surface area contributed by atoms with Gasteiger partial charge in [0.15, 0.2) is 0 Å². The van der Waals surface area contributed by atoms with Crippen LogP contribution in [0.3, 0.4) is 0 Å². The highest BCUT2D eigenvalue weighted by Crippen LogP contribution is 2.12. The minimum atomic E-state index is -1.48. The Morgan fingerprint density at radius 1 is 0.882 bits per heavy atom. The van der Waals surface area contributed by atoms with Crippen LogP contribution in [0.1, 0.15) is 42.5 Å². The molecule has 0 saturated heterocycles. The fourth-order valence-corrected chi connectivity index (χ4v) is 2.78. The first-order chi connectivity index (χ1) is 16.1. The lowest BCUT2D eigenvalue weighted by Gasteiger charge is -2.18. The molecule has 188 valence electrons. The maximum absolute atomic E-state index is 12.1. The molecule has 0 aliphatic carbocycles. The summed E-state index contributed by atoms with van der Waals surface area (Å²) in [6.45, 7) is -0.460. The van der Waals surface area contributed by atoms with Gasteiger partial charge in [0, 0.05) is 18.5 Å². The minimum absolute atomic E-state index is 0.0199. The van der Waals surface area contributed by atoms with Crippen molar-refractivity contribution in [3.05, 3.63) is 29.8 Å². The van der Waals surface area contributed by atoms with Crippen LogP contribution in [0.5, 0.6) is 5.75 Å². The first-order valence-corrected chi connectivity index (χ1v) is 10.5. The Morgan fingerprint density at radius 3 is 2.00 bits per heavy atom. The summed E-state index contributed by atoms with van der Waals surface area (Å²) >= 11 is 0. The molecule has 0 fully saturated rings. The first-order valence-electron chi connectivity index (χ1n) is 10.5. The lowest BCUT2D eigenvalue weighted by Crippen LogP contribution is -2.51. The Bertz CT molecular complexity index is 848. The second-order valence-corrected chi connectivity index (χ2v) is 7.15. The van der Waals surface area contributed by atoms with Gasteiger partial charge in [0.1, 0.15) is 31.1 Å². The van der Waals surface area contributed by atoms with Crippen molar-refractivity contribution in [3.8, 4) is 5.75 Å². The average Bonchev–Trinajstić information content (AvgIpc) is 2.79. The van der Waals surface area contributed by atoms with Crippen molar-refractivity contribution in [3.63, 3.8) is 0 Å². The van der Waals surface area contributed by atoms with E-state index in [2.05, 4.69) is 10.6 Å². The fourth-order valence-electron chi connectivity index (χ4n) is 2.78. The number of halogens is 1. The van der Waals surface area contributed by atoms with Crippen LogP contribution in [0.15, 0.2) is 24.3 Å². The lowest BCUT2D eigenvalue weighted by molar-refractivity contribution is -0.140. The quantitative estimate of drug-likeness (QED) is 0.185. The van der Waals surface area contributed by atoms with Gasteiger partial charge in [-0.15, -0.1) is 0 Å². The fraction of sp³-hybridized carbons (Fsp3) is 0.476. The Labute approximate surface area is 194 Å². The van der Waals surface area contributed by atoms with E-state index >= 15 is 0 Å². The summed E-state index contributed by atoms with van der Waals surface area (Å²) in [6.07, 6.45) is -0.0842. The Balaban J connectivity index is 2.40. The number of carbonyl (C=O) groups excluding carboxylic acids is 2. The summed E-state index contributed by atoms with van der Waals surface area (Å²) in [5, 5.41) is 33.8. The Morgan fingerprint density at radius 2 is 1.47 bits per heavy atom. The van der Waals surface area contributed by atoms with Crippen LogP contribution < -0.4 is 20.7 Å². The highest BCUT2D eigenvalue weighted by molar-refractivity contribution is 5.94. The van der Waals surface area contributed by atoms with Crippen LogP contribution in [-0.4, -0.2) is 77.1 Å². The molecule has 34 heavy (non-hydrogen) atoms. The minimum Gasteiger partial charge on any atom is -0.491 e. The van der Waals surface area contributed by atoms with Crippen LogP contribution in [0.25, 0.3) is 0 Å². The summed E-state index contributed by atoms with van der Waals surface area (Å²) in [5.74, 6) is -3.93. The summed E-state index contributed by atoms with van der Waals surface area (Å²) < 4.78 is 17.2. The maximum Gasteiger partial charge on any atom is 0.326 e. The third-order valence-corrected chi connectivity index (χ3v) is 4.52. The van der Waals surface area contributed by atoms with E-state index in [1.165, 1.54) is 24.3 Å². The highest BCUT2D eigenvalue weighted by atomic mass is 19.1. The molecule has 13 heteroatoms. The number of carboxylic acids is 3. The van der Waals surface area contributed by atoms with E-state index in [-0.39, 0.29) is 31.9 Å². The smallest absolute Gasteiger partial charge is 0.326 e. The topological polar surface area (TPSA) is 191 Å². The van der Waals surface area contributed by atoms with Gasteiger partial charge in [-0.2, -0.15) is 0 Å². The van der Waals surface area contributed by atoms with E-state index in [4.69, 9.17) is 14.9 Å². The van der Waals surface area contributed by atoms with E-state index in [0.717, 1.165) is 0 Å². The van der Waals surface area contributed by atoms with Gasteiger partial charge in [-0.3, -0.25) is 9.59 Å². The number of aliphatic carboxylic acids is 3. The number of rotatable bonds is 16. The number of alkyl halides is 1. The SMILES string of the molecule is O=C(O)CCC(NC(=O)NC(CCCCNC(=O)c1ccc(OCCF)cc1)C(=O)O)C(=O)O. The molecular weight excluding hydrogens is 457 g/mol. The number of ether oxygens (including phenoxy) is 1. The number of carboxylic acid groups (broad SMARTS) is 3. The normalized spacial score (nSPS) is 12.1. The zero-order valence-electron chi connectivity index (χ0n) is 18.3. The molecule has 3 amide bonds. The zero-order chi connectivity index (χ0) is 25.5. The van der Waals surface area contributed by atoms with Crippen LogP contribution in [-0.2, 0) is 14.4 Å². The predicted molar refractivity (Wildman–Crippen MR) is 115 cm³/mol. The average molecular weight is 485 g/mol. The van der Waals surface area contributed by atoms with Gasteiger partial charge in [0.2, 0.25) is 0 Å². The third kappa shape index (κ3) is 11.1. The van der Waals surface area contributed by atoms with Gasteiger partial charge in [0.25, 0.3) is 5.91 Å². The summed E-state index contributed by atoms with van der Waals surface area (Å²) in [7, 11) is 0. The standard InChI is InChI=1S/C21H28FN3O9/c22-10-12-34-14-6-4-13(5-7-14)18(28)23-11-2-1-3-15(19(29)30)24-21(33)25-16(20(31)32)8-9-17(26)27/h4-7,15-16H,1-3,8-12H2,(H,23,28)(H,26,27)(H,29,30)(H,31,32)(H2,24,25,33). The van der Waals surface area contributed by atoms with Gasteiger partial charge in [-0.05, 0) is 49.9 Å². The molecule has 0 spiro atoms. The molecule has 0 aromatic heterocycles. The zero-order valence-corrected chi connectivity index (χ0v) is 18.3. The Hall–Kier alpha value is -3.90. The molecule has 0 bridgehead atoms. The molecule has 0 saturated carbocycles. The first kappa shape index (κ1) is 28.1. The molecule has 0 aliphatic heterocycles. The van der Waals surface area contributed by atoms with Crippen molar-refractivity contribution in [2.45, 2.75) is 44.2 Å². The van der Waals surface area contributed by atoms with Gasteiger partial charge >= 0.3 is 23.9 Å². The van der Waals surface area contributed by atoms with Crippen LogP contribution in [0, 0.1) is 0 Å². The summed E-state index contributed by atoms with van der Waals surface area (Å²) in [6, 6.07) is 2.29. The van der Waals surface area contributed by atoms with Crippen LogP contribution in [0.4, 0.5) is 9.18 Å². The summed E-state index contributed by atoms with van der Waals surface area (Å²) in [5.41, 5.74) is 0.366. The number of unbranched alkanes of at least 4 members (excludes halogenated alkanes) is 1. The van der Waals surface area contributed by atoms with E-state index in [0.29, 0.717) is 24.2 Å². The molecular formula is C21H28FN3O9. The number of urea groups is 1. The molecule has 1 rings (SSSR count). The van der Waals surface area contributed by atoms with Crippen molar-refractivity contribution < 1.29 is 48.4 Å². The van der Waals surface area contributed by atoms with Gasteiger partial charge < -0.3 is 36.0 Å². The lowest BCUT2D eigenvalue weighted by atomic mass is 10.1. The largest absolute Gasteiger partial charge is 0.491 e. The van der Waals surface area contributed by atoms with Gasteiger partial charge in [-0.1, -0.05) is 0 Å². The second-order valence-electron chi connectivity index (χ2n) is 7.15. The molecule has 0 radical (unpaired) electrons. The van der Waals surface area contributed by atoms with E-state index < -0.39 is 49.1 Å². The molecule has 0 aliphatic rings. The number of amides is 3. The number of carbonyl (C=O) groups is 5. The maximum atomic E-state index is 12.1. The van der Waals surface area contributed by atoms with Crippen molar-refractivity contribution in [2.75, 3.05) is 19.8 Å². The molecule has 2 atom stereocenters. The molecule has 0 heterocycles. The predicted octanol–water partition coefficient (Wildman–Crippen LogP) is 1.01. The van der Waals surface area contributed by atoms with Gasteiger partial charge in [-0.25, -0.2) is 18.8 Å². The second kappa shape index (κ2) is 15.0. The number of benzene rings is 1. The van der Waals surface area contributed by atoms with E-state index in [9.17, 15) is 33.5 Å². The van der Waals surface area contributed by atoms with E-state index in [1.54, 1.807) is 0 Å². The summed E-state index contributed by atoms with van der Waals surface area (Å²) in [4.78, 5) is 57.2. The van der Waals surface area contributed by atoms with Crippen LogP contribution >= 0.6 is 0 Å². The molecule has 1 aromatic rings. The molecule has 12 nitrogen and oxygen atoms in total. The highest BCUT2D eigenvalue weighted by Gasteiger charge is 2.24. The number of nitrogens with one attached hydrogen (secondary N) is 3. The number of hydrogen-bond donors (Lipinski definition) is 6. The van der Waals surface area contributed by atoms with E-state index in [1.807, 2.05) is 5.32 Å². The molecule has 6 N–H and O–H groups in total. The van der Waals surface area contributed by atoms with Crippen molar-refractivity contribution in [2.24, 2.45) is 0 Å². The molecule has 1 aromatic carbocycles. The third-order valence-electron chi connectivity index (χ3n) is 4.52. The number of hydrogen-bond acceptors (Lipinski definition) is 6.